The van der Waals surface area contributed by atoms with Gasteiger partial charge in [0.15, 0.2) is 0 Å². The van der Waals surface area contributed by atoms with Crippen LogP contribution >= 0.6 is 11.3 Å². The van der Waals surface area contributed by atoms with Gasteiger partial charge >= 0.3 is 0 Å². The van der Waals surface area contributed by atoms with Crippen LogP contribution < -0.4 is 5.32 Å². The van der Waals surface area contributed by atoms with Crippen molar-refractivity contribution in [1.82, 2.24) is 30.1 Å². The number of benzene rings is 1. The van der Waals surface area contributed by atoms with E-state index in [0.717, 1.165) is 48.9 Å². The number of aromatic nitrogens is 5. The van der Waals surface area contributed by atoms with Crippen molar-refractivity contribution < 1.29 is 4.79 Å². The Morgan fingerprint density at radius 1 is 1.41 bits per heavy atom. The molecule has 27 heavy (non-hydrogen) atoms. The molecule has 1 aromatic carbocycles. The van der Waals surface area contributed by atoms with E-state index in [2.05, 4.69) is 30.7 Å². The molecule has 1 aliphatic rings. The number of carbonyl (C=O) groups is 1. The molecule has 3 aromatic rings. The Balaban J connectivity index is 1.38. The minimum atomic E-state index is -0.00976. The van der Waals surface area contributed by atoms with E-state index in [1.807, 2.05) is 37.4 Å². The molecule has 2 aromatic heterocycles. The van der Waals surface area contributed by atoms with Crippen LogP contribution in [-0.4, -0.2) is 49.1 Å². The molecule has 0 bridgehead atoms. The first-order chi connectivity index (χ1) is 13.2. The zero-order valence-corrected chi connectivity index (χ0v) is 15.9. The number of nitrogens with one attached hydrogen (secondary N) is 1. The summed E-state index contributed by atoms with van der Waals surface area (Å²) in [6.45, 7) is 4.68. The van der Waals surface area contributed by atoms with Crippen LogP contribution in [0.1, 0.15) is 22.7 Å². The number of nitrogens with zero attached hydrogens (tertiary/aromatic N) is 6. The monoisotopic (exact) mass is 383 g/mol. The number of hydrogen-bond acceptors (Lipinski definition) is 7. The first-order valence-electron chi connectivity index (χ1n) is 8.95. The Kier molecular flexibility index (Phi) is 5.21. The predicted octanol–water partition coefficient (Wildman–Crippen LogP) is 2.28. The second-order valence-electron chi connectivity index (χ2n) is 6.71. The Hall–Kier alpha value is -2.65. The van der Waals surface area contributed by atoms with Gasteiger partial charge in [0.25, 0.3) is 0 Å². The number of anilines is 1. The molecule has 1 aliphatic heterocycles. The highest BCUT2D eigenvalue weighted by Gasteiger charge is 2.26. The highest BCUT2D eigenvalue weighted by Crippen LogP contribution is 2.23. The lowest BCUT2D eigenvalue weighted by Gasteiger charge is -2.31. The van der Waals surface area contributed by atoms with Crippen molar-refractivity contribution in [3.63, 3.8) is 0 Å². The van der Waals surface area contributed by atoms with E-state index in [-0.39, 0.29) is 11.8 Å². The summed E-state index contributed by atoms with van der Waals surface area (Å²) < 4.78 is 1.56. The lowest BCUT2D eigenvalue weighted by Crippen LogP contribution is -2.40. The Bertz CT molecular complexity index is 908. The fraction of sp³-hybridized carbons (Fsp3) is 0.389. The average molecular weight is 383 g/mol. The van der Waals surface area contributed by atoms with Gasteiger partial charge < -0.3 is 5.32 Å². The van der Waals surface area contributed by atoms with Crippen LogP contribution in [0.5, 0.6) is 0 Å². The van der Waals surface area contributed by atoms with E-state index in [1.54, 1.807) is 16.0 Å². The number of thiazole rings is 1. The number of tetrazole rings is 1. The van der Waals surface area contributed by atoms with Crippen LogP contribution in [0.15, 0.2) is 36.8 Å². The van der Waals surface area contributed by atoms with Crippen molar-refractivity contribution in [3.05, 3.63) is 46.7 Å². The molecule has 1 amide bonds. The zero-order valence-electron chi connectivity index (χ0n) is 15.1. The quantitative estimate of drug-likeness (QED) is 0.727. The van der Waals surface area contributed by atoms with Gasteiger partial charge in [-0.1, -0.05) is 6.07 Å². The zero-order chi connectivity index (χ0) is 18.6. The normalized spacial score (nSPS) is 17.7. The molecule has 0 saturated carbocycles. The van der Waals surface area contributed by atoms with E-state index in [4.69, 9.17) is 0 Å². The third-order valence-corrected chi connectivity index (χ3v) is 5.55. The Morgan fingerprint density at radius 3 is 3.11 bits per heavy atom. The summed E-state index contributed by atoms with van der Waals surface area (Å²) >= 11 is 1.72. The summed E-state index contributed by atoms with van der Waals surface area (Å²) in [7, 11) is 0. The number of rotatable bonds is 5. The third-order valence-electron chi connectivity index (χ3n) is 4.65. The summed E-state index contributed by atoms with van der Waals surface area (Å²) in [6, 6.07) is 7.53. The maximum absolute atomic E-state index is 12.8. The van der Waals surface area contributed by atoms with E-state index < -0.39 is 0 Å². The molecule has 140 valence electrons. The van der Waals surface area contributed by atoms with Gasteiger partial charge in [0.1, 0.15) is 6.33 Å². The van der Waals surface area contributed by atoms with Gasteiger partial charge in [-0.25, -0.2) is 9.67 Å². The van der Waals surface area contributed by atoms with Crippen molar-refractivity contribution in [3.8, 4) is 5.69 Å². The average Bonchev–Trinajstić information content (AvgIpc) is 3.34. The summed E-state index contributed by atoms with van der Waals surface area (Å²) in [5, 5.41) is 15.3. The molecule has 1 atom stereocenters. The summed E-state index contributed by atoms with van der Waals surface area (Å²) in [4.78, 5) is 20.7. The smallest absolute Gasteiger partial charge is 0.228 e. The van der Waals surface area contributed by atoms with Gasteiger partial charge in [-0.15, -0.1) is 16.4 Å². The molecule has 1 saturated heterocycles. The molecule has 4 rings (SSSR count). The molecule has 0 radical (unpaired) electrons. The number of carbonyl (C=O) groups excluding carboxylic acids is 1. The largest absolute Gasteiger partial charge is 0.326 e. The highest BCUT2D eigenvalue weighted by molar-refractivity contribution is 7.11. The van der Waals surface area contributed by atoms with E-state index >= 15 is 0 Å². The van der Waals surface area contributed by atoms with Crippen LogP contribution in [0, 0.1) is 12.8 Å². The van der Waals surface area contributed by atoms with Gasteiger partial charge in [-0.3, -0.25) is 9.69 Å². The number of likely N-dealkylation sites (tertiary alicyclic amines) is 1. The van der Waals surface area contributed by atoms with Crippen molar-refractivity contribution in [2.75, 3.05) is 18.4 Å². The number of hydrogen-bond donors (Lipinski definition) is 1. The molecule has 3 heterocycles. The van der Waals surface area contributed by atoms with E-state index in [9.17, 15) is 4.79 Å². The van der Waals surface area contributed by atoms with Gasteiger partial charge in [0.2, 0.25) is 5.91 Å². The van der Waals surface area contributed by atoms with Crippen LogP contribution in [0.3, 0.4) is 0 Å². The number of piperidine rings is 1. The minimum Gasteiger partial charge on any atom is -0.326 e. The van der Waals surface area contributed by atoms with Crippen LogP contribution in [-0.2, 0) is 11.3 Å². The lowest BCUT2D eigenvalue weighted by atomic mass is 9.97. The topological polar surface area (TPSA) is 88.8 Å². The molecule has 8 nitrogen and oxygen atoms in total. The Morgan fingerprint density at radius 2 is 2.33 bits per heavy atom. The molecule has 0 unspecified atom stereocenters. The molecule has 1 N–H and O–H groups in total. The second-order valence-corrected chi connectivity index (χ2v) is 8.03. The molecule has 1 fully saturated rings. The summed E-state index contributed by atoms with van der Waals surface area (Å²) in [5.41, 5.74) is 1.56. The highest BCUT2D eigenvalue weighted by atomic mass is 32.1. The minimum absolute atomic E-state index is 0.00976. The molecule has 0 spiro atoms. The molecule has 9 heteroatoms. The van der Waals surface area contributed by atoms with Crippen molar-refractivity contribution in [2.45, 2.75) is 26.3 Å². The SMILES string of the molecule is Cc1ncc(CN2CCC[C@@H](C(=O)Nc3cccc(-n4cnnn4)c3)C2)s1. The van der Waals surface area contributed by atoms with Crippen molar-refractivity contribution in [2.24, 2.45) is 5.92 Å². The summed E-state index contributed by atoms with van der Waals surface area (Å²) in [5.74, 6) is 0.0542. The maximum Gasteiger partial charge on any atom is 0.228 e. The lowest BCUT2D eigenvalue weighted by molar-refractivity contribution is -0.121. The fourth-order valence-electron chi connectivity index (χ4n) is 3.36. The number of aryl methyl sites for hydroxylation is 1. The molecular weight excluding hydrogens is 362 g/mol. The summed E-state index contributed by atoms with van der Waals surface area (Å²) in [6.07, 6.45) is 5.41. The Labute approximate surface area is 161 Å². The molecular formula is C18H21N7OS. The van der Waals surface area contributed by atoms with Gasteiger partial charge in [-0.2, -0.15) is 0 Å². The molecule has 0 aliphatic carbocycles. The standard InChI is InChI=1S/C18H21N7OS/c1-13-19-9-17(27-13)11-24-7-3-4-14(10-24)18(26)21-15-5-2-6-16(8-15)25-12-20-22-23-25/h2,5-6,8-9,12,14H,3-4,7,10-11H2,1H3,(H,21,26)/t14-/m1/s1. The van der Waals surface area contributed by atoms with Gasteiger partial charge in [0.05, 0.1) is 16.6 Å². The van der Waals surface area contributed by atoms with Crippen molar-refractivity contribution in [1.29, 1.82) is 0 Å². The predicted molar refractivity (Wildman–Crippen MR) is 103 cm³/mol. The first-order valence-corrected chi connectivity index (χ1v) is 9.77. The number of amides is 1. The van der Waals surface area contributed by atoms with Crippen LogP contribution in [0.4, 0.5) is 5.69 Å². The van der Waals surface area contributed by atoms with E-state index in [0.29, 0.717) is 0 Å². The van der Waals surface area contributed by atoms with Gasteiger partial charge in [-0.05, 0) is 54.9 Å². The van der Waals surface area contributed by atoms with Crippen LogP contribution in [0.2, 0.25) is 0 Å². The third kappa shape index (κ3) is 4.37. The fourth-order valence-corrected chi connectivity index (χ4v) is 4.20. The van der Waals surface area contributed by atoms with Crippen LogP contribution in [0.25, 0.3) is 5.69 Å². The van der Waals surface area contributed by atoms with E-state index in [1.165, 1.54) is 11.2 Å². The maximum atomic E-state index is 12.8. The first kappa shape index (κ1) is 17.7. The second kappa shape index (κ2) is 7.93. The van der Waals surface area contributed by atoms with Gasteiger partial charge in [0, 0.05) is 29.9 Å². The van der Waals surface area contributed by atoms with Crippen molar-refractivity contribution >= 4 is 22.9 Å².